The monoisotopic (exact) mass is 310 g/mol. The Kier molecular flexibility index (Phi) is 7.28. The van der Waals surface area contributed by atoms with Crippen molar-refractivity contribution in [3.8, 4) is 0 Å². The van der Waals surface area contributed by atoms with Crippen LogP contribution >= 0.6 is 12.2 Å². The highest BCUT2D eigenvalue weighted by Gasteiger charge is 2.16. The summed E-state index contributed by atoms with van der Waals surface area (Å²) in [5, 5.41) is 2.78. The number of benzene rings is 1. The largest absolute Gasteiger partial charge is 0.389 e. The Bertz CT molecular complexity index is 476. The summed E-state index contributed by atoms with van der Waals surface area (Å²) >= 11 is 4.88. The van der Waals surface area contributed by atoms with Crippen molar-refractivity contribution in [2.75, 3.05) is 18.5 Å². The van der Waals surface area contributed by atoms with Gasteiger partial charge in [0, 0.05) is 17.9 Å². The molecule has 6 heteroatoms. The number of nitrogens with two attached hydrogens (primary N) is 1. The fourth-order valence-electron chi connectivity index (χ4n) is 1.70. The molecule has 0 radical (unpaired) electrons. The lowest BCUT2D eigenvalue weighted by Crippen LogP contribution is -2.32. The summed E-state index contributed by atoms with van der Waals surface area (Å²) in [7, 11) is 0. The summed E-state index contributed by atoms with van der Waals surface area (Å²) in [6.45, 7) is 6.59. The molecule has 3 N–H and O–H groups in total. The Morgan fingerprint density at radius 2 is 1.95 bits per heavy atom. The number of carbonyl (C=O) groups excluding carboxylic acids is 1. The Labute approximate surface area is 130 Å². The molecule has 21 heavy (non-hydrogen) atoms. The van der Waals surface area contributed by atoms with Crippen LogP contribution in [0.25, 0.3) is 0 Å². The van der Waals surface area contributed by atoms with E-state index in [1.807, 2.05) is 13.8 Å². The van der Waals surface area contributed by atoms with Crippen LogP contribution < -0.4 is 11.1 Å². The smallest absolute Gasteiger partial charge is 0.253 e. The third-order valence-corrected chi connectivity index (χ3v) is 3.03. The Morgan fingerprint density at radius 3 is 2.48 bits per heavy atom. The molecule has 0 fully saturated rings. The number of hydrogen-bond acceptors (Lipinski definition) is 4. The Hall–Kier alpha value is -1.50. The van der Waals surface area contributed by atoms with Crippen LogP contribution in [0.1, 0.15) is 26.3 Å². The van der Waals surface area contributed by atoms with Crippen LogP contribution in [0.3, 0.4) is 0 Å². The number of nitrogens with one attached hydrogen (secondary N) is 1. The fourth-order valence-corrected chi connectivity index (χ4v) is 1.83. The van der Waals surface area contributed by atoms with E-state index < -0.39 is 6.10 Å². The number of rotatable bonds is 8. The average molecular weight is 310 g/mol. The molecule has 2 unspecified atom stereocenters. The van der Waals surface area contributed by atoms with Crippen molar-refractivity contribution >= 4 is 28.8 Å². The van der Waals surface area contributed by atoms with E-state index in [4.69, 9.17) is 27.4 Å². The maximum absolute atomic E-state index is 12.0. The van der Waals surface area contributed by atoms with E-state index in [1.54, 1.807) is 31.2 Å². The van der Waals surface area contributed by atoms with E-state index >= 15 is 0 Å². The first-order valence-electron chi connectivity index (χ1n) is 6.88. The van der Waals surface area contributed by atoms with Crippen molar-refractivity contribution < 1.29 is 14.3 Å². The number of anilines is 1. The number of amides is 1. The number of ether oxygens (including phenoxy) is 2. The molecule has 1 amide bonds. The second-order valence-electron chi connectivity index (χ2n) is 4.68. The van der Waals surface area contributed by atoms with Gasteiger partial charge in [-0.3, -0.25) is 4.79 Å². The van der Waals surface area contributed by atoms with E-state index in [0.29, 0.717) is 23.9 Å². The van der Waals surface area contributed by atoms with Crippen molar-refractivity contribution in [1.29, 1.82) is 0 Å². The first kappa shape index (κ1) is 17.6. The van der Waals surface area contributed by atoms with Gasteiger partial charge in [-0.1, -0.05) is 12.2 Å². The van der Waals surface area contributed by atoms with Gasteiger partial charge in [0.05, 0.1) is 12.7 Å². The highest BCUT2D eigenvalue weighted by atomic mass is 32.1. The van der Waals surface area contributed by atoms with Crippen LogP contribution in [-0.2, 0) is 14.3 Å². The van der Waals surface area contributed by atoms with Crippen LogP contribution in [-0.4, -0.2) is 36.3 Å². The zero-order valence-corrected chi connectivity index (χ0v) is 13.4. The van der Waals surface area contributed by atoms with Crippen molar-refractivity contribution in [2.45, 2.75) is 33.0 Å². The van der Waals surface area contributed by atoms with Gasteiger partial charge in [0.25, 0.3) is 5.91 Å². The summed E-state index contributed by atoms with van der Waals surface area (Å²) in [4.78, 5) is 12.3. The number of hydrogen-bond donors (Lipinski definition) is 2. The molecule has 2 atom stereocenters. The molecule has 0 saturated heterocycles. The third kappa shape index (κ3) is 6.20. The van der Waals surface area contributed by atoms with Gasteiger partial charge in [0.1, 0.15) is 11.1 Å². The second-order valence-corrected chi connectivity index (χ2v) is 5.12. The van der Waals surface area contributed by atoms with Crippen molar-refractivity contribution in [3.05, 3.63) is 29.8 Å². The molecular formula is C15H22N2O3S. The van der Waals surface area contributed by atoms with Crippen LogP contribution in [0.5, 0.6) is 0 Å². The minimum Gasteiger partial charge on any atom is -0.389 e. The number of thiocarbonyl (C=S) groups is 1. The quantitative estimate of drug-likeness (QED) is 0.719. The fraction of sp³-hybridized carbons (Fsp3) is 0.467. The van der Waals surface area contributed by atoms with Gasteiger partial charge in [-0.05, 0) is 45.0 Å². The molecule has 1 rings (SSSR count). The molecule has 0 saturated carbocycles. The molecule has 0 bridgehead atoms. The average Bonchev–Trinajstić information content (AvgIpc) is 2.45. The van der Waals surface area contributed by atoms with E-state index in [1.165, 1.54) is 0 Å². The summed E-state index contributed by atoms with van der Waals surface area (Å²) in [5.41, 5.74) is 6.96. The second kappa shape index (κ2) is 8.71. The first-order chi connectivity index (χ1) is 9.93. The van der Waals surface area contributed by atoms with Crippen LogP contribution in [0.4, 0.5) is 5.69 Å². The van der Waals surface area contributed by atoms with Gasteiger partial charge in [0.15, 0.2) is 0 Å². The van der Waals surface area contributed by atoms with Crippen molar-refractivity contribution in [1.82, 2.24) is 0 Å². The highest BCUT2D eigenvalue weighted by Crippen LogP contribution is 2.11. The number of carbonyl (C=O) groups is 1. The van der Waals surface area contributed by atoms with E-state index in [9.17, 15) is 4.79 Å². The molecule has 1 aromatic carbocycles. The highest BCUT2D eigenvalue weighted by molar-refractivity contribution is 7.80. The van der Waals surface area contributed by atoms with Gasteiger partial charge >= 0.3 is 0 Å². The zero-order chi connectivity index (χ0) is 15.8. The van der Waals surface area contributed by atoms with Crippen LogP contribution in [0.15, 0.2) is 24.3 Å². The summed E-state index contributed by atoms with van der Waals surface area (Å²) in [6.07, 6.45) is -0.696. The lowest BCUT2D eigenvalue weighted by molar-refractivity contribution is -0.131. The maximum atomic E-state index is 12.0. The molecule has 0 aliphatic heterocycles. The predicted octanol–water partition coefficient (Wildman–Crippen LogP) is 2.09. The Morgan fingerprint density at radius 1 is 1.33 bits per heavy atom. The third-order valence-electron chi connectivity index (χ3n) is 2.80. The molecule has 0 aliphatic carbocycles. The molecule has 0 heterocycles. The lowest BCUT2D eigenvalue weighted by Gasteiger charge is -2.18. The molecule has 0 aliphatic rings. The molecule has 0 spiro atoms. The molecule has 5 nitrogen and oxygen atoms in total. The predicted molar refractivity (Wildman–Crippen MR) is 87.5 cm³/mol. The van der Waals surface area contributed by atoms with Gasteiger partial charge in [-0.25, -0.2) is 0 Å². The van der Waals surface area contributed by atoms with Crippen molar-refractivity contribution in [3.63, 3.8) is 0 Å². The SMILES string of the molecule is CCOCC(C)OC(C)C(=O)Nc1ccc(C(N)=S)cc1. The zero-order valence-electron chi connectivity index (χ0n) is 12.6. The maximum Gasteiger partial charge on any atom is 0.253 e. The first-order valence-corrected chi connectivity index (χ1v) is 7.28. The molecule has 116 valence electrons. The molecule has 0 aromatic heterocycles. The van der Waals surface area contributed by atoms with Crippen LogP contribution in [0, 0.1) is 0 Å². The minimum atomic E-state index is -0.560. The van der Waals surface area contributed by atoms with Crippen molar-refractivity contribution in [2.24, 2.45) is 5.73 Å². The lowest BCUT2D eigenvalue weighted by atomic mass is 10.2. The van der Waals surface area contributed by atoms with Gasteiger partial charge in [-0.2, -0.15) is 0 Å². The summed E-state index contributed by atoms with van der Waals surface area (Å²) < 4.78 is 10.8. The topological polar surface area (TPSA) is 73.6 Å². The standard InChI is InChI=1S/C15H22N2O3S/c1-4-19-9-10(2)20-11(3)15(18)17-13-7-5-12(6-8-13)14(16)21/h5-8,10-11H,4,9H2,1-3H3,(H2,16,21)(H,17,18). The van der Waals surface area contributed by atoms with Gasteiger partial charge in [-0.15, -0.1) is 0 Å². The summed E-state index contributed by atoms with van der Waals surface area (Å²) in [5.74, 6) is -0.207. The van der Waals surface area contributed by atoms with Gasteiger partial charge in [0.2, 0.25) is 0 Å². The van der Waals surface area contributed by atoms with Gasteiger partial charge < -0.3 is 20.5 Å². The van der Waals surface area contributed by atoms with E-state index in [0.717, 1.165) is 5.56 Å². The van der Waals surface area contributed by atoms with E-state index in [2.05, 4.69) is 5.32 Å². The summed E-state index contributed by atoms with van der Waals surface area (Å²) in [6, 6.07) is 7.04. The van der Waals surface area contributed by atoms with Crippen LogP contribution in [0.2, 0.25) is 0 Å². The Balaban J connectivity index is 2.49. The van der Waals surface area contributed by atoms with E-state index in [-0.39, 0.29) is 12.0 Å². The normalized spacial score (nSPS) is 13.5. The molecule has 1 aromatic rings. The minimum absolute atomic E-state index is 0.136. The molecular weight excluding hydrogens is 288 g/mol.